The zero-order chi connectivity index (χ0) is 21.1. The van der Waals surface area contributed by atoms with Gasteiger partial charge in [-0.15, -0.1) is 0 Å². The fourth-order valence-corrected chi connectivity index (χ4v) is 3.15. The van der Waals surface area contributed by atoms with Crippen molar-refractivity contribution in [3.05, 3.63) is 77.1 Å². The molecule has 0 bridgehead atoms. The van der Waals surface area contributed by atoms with Gasteiger partial charge in [0.1, 0.15) is 11.8 Å². The second-order valence-electron chi connectivity index (χ2n) is 6.39. The summed E-state index contributed by atoms with van der Waals surface area (Å²) in [5, 5.41) is 6.31. The zero-order valence-corrected chi connectivity index (χ0v) is 16.3. The first-order valence-electron chi connectivity index (χ1n) is 8.95. The number of hydrogen-bond acceptors (Lipinski definition) is 8. The van der Waals surface area contributed by atoms with Crippen LogP contribution in [0.1, 0.15) is 34.3 Å². The molecule has 2 N–H and O–H groups in total. The third-order valence-electron chi connectivity index (χ3n) is 4.46. The van der Waals surface area contributed by atoms with Crippen molar-refractivity contribution in [1.82, 2.24) is 15.0 Å². The maximum Gasteiger partial charge on any atom is 0.361 e. The first-order valence-corrected chi connectivity index (χ1v) is 9.33. The number of anilines is 1. The van der Waals surface area contributed by atoms with Crippen LogP contribution in [0.5, 0.6) is 0 Å². The number of nitrogen functional groups attached to an aromatic ring is 1. The molecule has 2 aromatic heterocycles. The molecule has 1 aliphatic heterocycles. The van der Waals surface area contributed by atoms with Crippen LogP contribution >= 0.6 is 11.6 Å². The molecular formula is C20H16ClN5O4. The lowest BCUT2D eigenvalue weighted by Gasteiger charge is -2.19. The number of furan rings is 1. The number of rotatable bonds is 5. The Balaban J connectivity index is 1.52. The molecule has 3 aromatic rings. The maximum atomic E-state index is 12.8. The molecule has 0 saturated heterocycles. The molecule has 0 radical (unpaired) electrons. The number of nitrogens with two attached hydrogens (primary N) is 1. The van der Waals surface area contributed by atoms with Crippen molar-refractivity contribution >= 4 is 35.0 Å². The average molecular weight is 426 g/mol. The number of amides is 1. The van der Waals surface area contributed by atoms with Gasteiger partial charge >= 0.3 is 5.97 Å². The van der Waals surface area contributed by atoms with E-state index in [1.54, 1.807) is 24.3 Å². The van der Waals surface area contributed by atoms with Crippen LogP contribution in [-0.4, -0.2) is 39.2 Å². The van der Waals surface area contributed by atoms with E-state index in [1.165, 1.54) is 23.7 Å². The monoisotopic (exact) mass is 425 g/mol. The Morgan fingerprint density at radius 3 is 2.67 bits per heavy atom. The molecule has 0 aliphatic carbocycles. The van der Waals surface area contributed by atoms with Gasteiger partial charge < -0.3 is 14.9 Å². The van der Waals surface area contributed by atoms with E-state index in [2.05, 4.69) is 15.1 Å². The fraction of sp³-hybridized carbons (Fsp3) is 0.150. The number of ether oxygens (including phenoxy) is 1. The molecule has 1 atom stereocenters. The van der Waals surface area contributed by atoms with Crippen LogP contribution in [0.3, 0.4) is 0 Å². The molecule has 3 heterocycles. The molecule has 1 aromatic carbocycles. The molecule has 1 amide bonds. The SMILES string of the molecule is Nc1nccnc1C(=O)OCC(=O)N1N=C(c2ccc(Cl)cc2)CC1c1ccco1. The van der Waals surface area contributed by atoms with Crippen molar-refractivity contribution in [2.45, 2.75) is 12.5 Å². The van der Waals surface area contributed by atoms with Crippen molar-refractivity contribution in [1.29, 1.82) is 0 Å². The highest BCUT2D eigenvalue weighted by molar-refractivity contribution is 6.30. The van der Waals surface area contributed by atoms with Gasteiger partial charge in [0.2, 0.25) is 0 Å². The van der Waals surface area contributed by atoms with Gasteiger partial charge in [-0.3, -0.25) is 4.79 Å². The molecule has 0 spiro atoms. The largest absolute Gasteiger partial charge is 0.467 e. The zero-order valence-electron chi connectivity index (χ0n) is 15.6. The summed E-state index contributed by atoms with van der Waals surface area (Å²) in [7, 11) is 0. The van der Waals surface area contributed by atoms with Crippen molar-refractivity contribution in [2.75, 3.05) is 12.3 Å². The summed E-state index contributed by atoms with van der Waals surface area (Å²) in [6.07, 6.45) is 4.62. The summed E-state index contributed by atoms with van der Waals surface area (Å²) in [5.74, 6) is -0.867. The van der Waals surface area contributed by atoms with Crippen LogP contribution < -0.4 is 5.73 Å². The van der Waals surface area contributed by atoms with E-state index in [1.807, 2.05) is 12.1 Å². The van der Waals surface area contributed by atoms with Crippen molar-refractivity contribution in [3.8, 4) is 0 Å². The van der Waals surface area contributed by atoms with Crippen LogP contribution in [0.15, 0.2) is 64.6 Å². The summed E-state index contributed by atoms with van der Waals surface area (Å²) in [6.45, 7) is -0.538. The number of carbonyl (C=O) groups excluding carboxylic acids is 2. The summed E-state index contributed by atoms with van der Waals surface area (Å²) < 4.78 is 10.6. The second kappa shape index (κ2) is 8.34. The van der Waals surface area contributed by atoms with Crippen LogP contribution in [0, 0.1) is 0 Å². The summed E-state index contributed by atoms with van der Waals surface area (Å²) in [4.78, 5) is 32.6. The summed E-state index contributed by atoms with van der Waals surface area (Å²) >= 11 is 5.95. The minimum absolute atomic E-state index is 0.0763. The third-order valence-corrected chi connectivity index (χ3v) is 4.71. The molecule has 10 heteroatoms. The normalized spacial score (nSPS) is 15.7. The predicted octanol–water partition coefficient (Wildman–Crippen LogP) is 2.84. The first-order chi connectivity index (χ1) is 14.5. The highest BCUT2D eigenvalue weighted by Gasteiger charge is 2.35. The number of carbonyl (C=O) groups is 2. The molecule has 1 aliphatic rings. The number of esters is 1. The maximum absolute atomic E-state index is 12.8. The van der Waals surface area contributed by atoms with Gasteiger partial charge in [0.25, 0.3) is 5.91 Å². The number of aromatic nitrogens is 2. The van der Waals surface area contributed by atoms with Gasteiger partial charge in [-0.1, -0.05) is 23.7 Å². The molecular weight excluding hydrogens is 410 g/mol. The van der Waals surface area contributed by atoms with Crippen LogP contribution in [-0.2, 0) is 9.53 Å². The van der Waals surface area contributed by atoms with E-state index >= 15 is 0 Å². The lowest BCUT2D eigenvalue weighted by atomic mass is 10.0. The second-order valence-corrected chi connectivity index (χ2v) is 6.83. The number of hydrazone groups is 1. The third kappa shape index (κ3) is 4.01. The topological polar surface area (TPSA) is 124 Å². The van der Waals surface area contributed by atoms with Crippen LogP contribution in [0.2, 0.25) is 5.02 Å². The Morgan fingerprint density at radius 2 is 1.97 bits per heavy atom. The van der Waals surface area contributed by atoms with E-state index in [0.717, 1.165) is 5.56 Å². The van der Waals surface area contributed by atoms with E-state index in [4.69, 9.17) is 26.5 Å². The Bertz CT molecular complexity index is 1100. The van der Waals surface area contributed by atoms with Crippen LogP contribution in [0.4, 0.5) is 5.82 Å². The van der Waals surface area contributed by atoms with Gasteiger partial charge in [-0.25, -0.2) is 19.8 Å². The highest BCUT2D eigenvalue weighted by Crippen LogP contribution is 2.33. The Morgan fingerprint density at radius 1 is 1.20 bits per heavy atom. The highest BCUT2D eigenvalue weighted by atomic mass is 35.5. The standard InChI is InChI=1S/C20H16ClN5O4/c21-13-5-3-12(4-6-13)14-10-15(16-2-1-9-29-16)26(25-14)17(27)11-30-20(28)18-19(22)24-8-7-23-18/h1-9,15H,10-11H2,(H2,22,24). The Kier molecular flexibility index (Phi) is 5.44. The lowest BCUT2D eigenvalue weighted by molar-refractivity contribution is -0.136. The van der Waals surface area contributed by atoms with E-state index in [9.17, 15) is 9.59 Å². The molecule has 1 unspecified atom stereocenters. The van der Waals surface area contributed by atoms with E-state index in [0.29, 0.717) is 22.9 Å². The Hall–Kier alpha value is -3.72. The van der Waals surface area contributed by atoms with Gasteiger partial charge in [0.15, 0.2) is 18.1 Å². The summed E-state index contributed by atoms with van der Waals surface area (Å²) in [6, 6.07) is 10.2. The van der Waals surface area contributed by atoms with Gasteiger partial charge in [-0.05, 0) is 29.8 Å². The van der Waals surface area contributed by atoms with E-state index in [-0.39, 0.29) is 11.5 Å². The predicted molar refractivity (Wildman–Crippen MR) is 108 cm³/mol. The van der Waals surface area contributed by atoms with Crippen molar-refractivity contribution in [3.63, 3.8) is 0 Å². The number of halogens is 1. The minimum Gasteiger partial charge on any atom is -0.467 e. The Labute approximate surface area is 176 Å². The minimum atomic E-state index is -0.843. The fourth-order valence-electron chi connectivity index (χ4n) is 3.03. The molecule has 0 fully saturated rings. The molecule has 152 valence electrons. The van der Waals surface area contributed by atoms with Crippen molar-refractivity contribution in [2.24, 2.45) is 5.10 Å². The smallest absolute Gasteiger partial charge is 0.361 e. The molecule has 9 nitrogen and oxygen atoms in total. The number of nitrogens with zero attached hydrogens (tertiary/aromatic N) is 4. The van der Waals surface area contributed by atoms with Crippen molar-refractivity contribution < 1.29 is 18.7 Å². The molecule has 4 rings (SSSR count). The quantitative estimate of drug-likeness (QED) is 0.623. The number of benzene rings is 1. The average Bonchev–Trinajstić information content (AvgIpc) is 3.42. The van der Waals surface area contributed by atoms with Gasteiger partial charge in [0.05, 0.1) is 12.0 Å². The van der Waals surface area contributed by atoms with Crippen LogP contribution in [0.25, 0.3) is 0 Å². The van der Waals surface area contributed by atoms with Gasteiger partial charge in [0, 0.05) is 23.8 Å². The number of hydrogen-bond donors (Lipinski definition) is 1. The molecule has 0 saturated carbocycles. The van der Waals surface area contributed by atoms with Gasteiger partial charge in [-0.2, -0.15) is 5.10 Å². The first kappa shape index (κ1) is 19.6. The molecule has 30 heavy (non-hydrogen) atoms. The lowest BCUT2D eigenvalue weighted by Crippen LogP contribution is -2.31. The summed E-state index contributed by atoms with van der Waals surface area (Å²) in [5.41, 5.74) is 6.98. The van der Waals surface area contributed by atoms with E-state index < -0.39 is 24.5 Å².